The summed E-state index contributed by atoms with van der Waals surface area (Å²) in [4.78, 5) is 4.74. The average Bonchev–Trinajstić information content (AvgIpc) is 3.17. The predicted octanol–water partition coefficient (Wildman–Crippen LogP) is 1.85. The Labute approximate surface area is 148 Å². The van der Waals surface area contributed by atoms with Gasteiger partial charge >= 0.3 is 0 Å². The zero-order chi connectivity index (χ0) is 17.8. The van der Waals surface area contributed by atoms with E-state index in [9.17, 15) is 4.39 Å². The molecule has 0 aliphatic carbocycles. The van der Waals surface area contributed by atoms with Crippen LogP contribution in [0.3, 0.4) is 0 Å². The fourth-order valence-corrected chi connectivity index (χ4v) is 3.17. The summed E-state index contributed by atoms with van der Waals surface area (Å²) in [6, 6.07) is 6.80. The normalized spacial score (nSPS) is 18.2. The minimum Gasteiger partial charge on any atom is -0.492 e. The first-order valence-corrected chi connectivity index (χ1v) is 8.69. The molecule has 0 spiro atoms. The van der Waals surface area contributed by atoms with Crippen molar-refractivity contribution in [2.75, 3.05) is 33.3 Å². The third kappa shape index (κ3) is 4.55. The summed E-state index contributed by atoms with van der Waals surface area (Å²) in [5, 5.41) is 8.36. The van der Waals surface area contributed by atoms with Crippen molar-refractivity contribution in [3.8, 4) is 5.75 Å². The number of hydrogen-bond acceptors (Lipinski definition) is 5. The first kappa shape index (κ1) is 17.8. The van der Waals surface area contributed by atoms with E-state index in [1.54, 1.807) is 12.1 Å². The Morgan fingerprint density at radius 3 is 2.92 bits per heavy atom. The zero-order valence-electron chi connectivity index (χ0n) is 15.2. The first-order valence-electron chi connectivity index (χ1n) is 8.69. The lowest BCUT2D eigenvalue weighted by Crippen LogP contribution is -2.35. The minimum absolute atomic E-state index is 0.264. The van der Waals surface area contributed by atoms with Crippen molar-refractivity contribution < 1.29 is 9.13 Å². The monoisotopic (exact) mass is 347 g/mol. The maximum atomic E-state index is 13.1. The number of halogens is 1. The van der Waals surface area contributed by atoms with Crippen LogP contribution in [0.2, 0.25) is 0 Å². The van der Waals surface area contributed by atoms with Gasteiger partial charge in [0.2, 0.25) is 0 Å². The molecule has 0 radical (unpaired) electrons. The molecule has 3 rings (SSSR count). The molecule has 0 bridgehead atoms. The minimum atomic E-state index is -0.264. The van der Waals surface area contributed by atoms with Gasteiger partial charge in [0.05, 0.1) is 6.54 Å². The van der Waals surface area contributed by atoms with Crippen LogP contribution in [0.4, 0.5) is 4.39 Å². The van der Waals surface area contributed by atoms with E-state index < -0.39 is 0 Å². The van der Waals surface area contributed by atoms with E-state index in [0.29, 0.717) is 18.4 Å². The van der Waals surface area contributed by atoms with Crippen molar-refractivity contribution in [3.63, 3.8) is 0 Å². The van der Waals surface area contributed by atoms with E-state index in [1.165, 1.54) is 12.1 Å². The number of likely N-dealkylation sites (tertiary alicyclic amines) is 1. The van der Waals surface area contributed by atoms with Crippen LogP contribution in [0.25, 0.3) is 0 Å². The molecule has 1 aromatic heterocycles. The maximum Gasteiger partial charge on any atom is 0.146 e. The van der Waals surface area contributed by atoms with Crippen LogP contribution in [0.15, 0.2) is 24.3 Å². The molecule has 2 aromatic rings. The third-order valence-corrected chi connectivity index (χ3v) is 4.92. The summed E-state index contributed by atoms with van der Waals surface area (Å²) in [6.07, 6.45) is 1.13. The van der Waals surface area contributed by atoms with E-state index in [4.69, 9.17) is 4.74 Å². The van der Waals surface area contributed by atoms with Crippen LogP contribution < -0.4 is 4.74 Å². The lowest BCUT2D eigenvalue weighted by molar-refractivity contribution is 0.200. The lowest BCUT2D eigenvalue weighted by atomic mass is 10.2. The number of rotatable bonds is 7. The van der Waals surface area contributed by atoms with Crippen molar-refractivity contribution in [1.29, 1.82) is 0 Å². The fraction of sp³-hybridized carbons (Fsp3) is 0.556. The smallest absolute Gasteiger partial charge is 0.146 e. The van der Waals surface area contributed by atoms with Gasteiger partial charge in [-0.25, -0.2) is 4.39 Å². The number of aryl methyl sites for hydroxylation is 1. The Balaban J connectivity index is 1.42. The van der Waals surface area contributed by atoms with Crippen LogP contribution in [0.1, 0.15) is 18.1 Å². The maximum absolute atomic E-state index is 13.1. The Morgan fingerprint density at radius 1 is 1.36 bits per heavy atom. The Hall–Kier alpha value is -1.99. The molecule has 1 saturated heterocycles. The highest BCUT2D eigenvalue weighted by atomic mass is 19.1. The summed E-state index contributed by atoms with van der Waals surface area (Å²) in [6.45, 7) is 6.26. The number of benzene rings is 1. The lowest BCUT2D eigenvalue weighted by Gasteiger charge is -2.24. The molecule has 2 heterocycles. The van der Waals surface area contributed by atoms with Gasteiger partial charge < -0.3 is 9.30 Å². The van der Waals surface area contributed by atoms with Crippen LogP contribution >= 0.6 is 0 Å². The molecule has 1 aliphatic rings. The summed E-state index contributed by atoms with van der Waals surface area (Å²) in [5.74, 6) is 2.25. The second-order valence-electron chi connectivity index (χ2n) is 6.69. The molecule has 136 valence electrons. The fourth-order valence-electron chi connectivity index (χ4n) is 3.17. The molecule has 1 aromatic carbocycles. The molecular weight excluding hydrogens is 321 g/mol. The SMILES string of the molecule is Cc1nnc(CN(C)[C@@H]2CCN(CCOc3cccc(F)c3)C2)n1C. The van der Waals surface area contributed by atoms with Gasteiger partial charge in [-0.15, -0.1) is 10.2 Å². The third-order valence-electron chi connectivity index (χ3n) is 4.92. The molecule has 6 nitrogen and oxygen atoms in total. The van der Waals surface area contributed by atoms with Crippen LogP contribution in [0, 0.1) is 12.7 Å². The van der Waals surface area contributed by atoms with Gasteiger partial charge in [0.25, 0.3) is 0 Å². The van der Waals surface area contributed by atoms with Gasteiger partial charge in [-0.05, 0) is 39.1 Å². The van der Waals surface area contributed by atoms with E-state index in [2.05, 4.69) is 27.0 Å². The van der Waals surface area contributed by atoms with Crippen LogP contribution in [-0.2, 0) is 13.6 Å². The average molecular weight is 347 g/mol. The van der Waals surface area contributed by atoms with E-state index in [-0.39, 0.29) is 5.82 Å². The molecule has 0 N–H and O–H groups in total. The van der Waals surface area contributed by atoms with Crippen LogP contribution in [-0.4, -0.2) is 63.9 Å². The second kappa shape index (κ2) is 7.93. The van der Waals surface area contributed by atoms with Crippen molar-refractivity contribution in [3.05, 3.63) is 41.7 Å². The molecule has 1 atom stereocenters. The first-order chi connectivity index (χ1) is 12.0. The number of hydrogen-bond donors (Lipinski definition) is 0. The van der Waals surface area contributed by atoms with E-state index >= 15 is 0 Å². The highest BCUT2D eigenvalue weighted by Gasteiger charge is 2.26. The van der Waals surface area contributed by atoms with Crippen LogP contribution in [0.5, 0.6) is 5.75 Å². The summed E-state index contributed by atoms with van der Waals surface area (Å²) >= 11 is 0. The summed E-state index contributed by atoms with van der Waals surface area (Å²) < 4.78 is 20.8. The molecule has 25 heavy (non-hydrogen) atoms. The zero-order valence-corrected chi connectivity index (χ0v) is 15.2. The van der Waals surface area contributed by atoms with Crippen molar-refractivity contribution in [2.24, 2.45) is 7.05 Å². The van der Waals surface area contributed by atoms with Gasteiger partial charge in [-0.2, -0.15) is 0 Å². The summed E-state index contributed by atoms with van der Waals surface area (Å²) in [5.41, 5.74) is 0. The molecule has 0 amide bonds. The molecule has 7 heteroatoms. The van der Waals surface area contributed by atoms with Gasteiger partial charge in [-0.1, -0.05) is 6.07 Å². The van der Waals surface area contributed by atoms with Gasteiger partial charge in [-0.3, -0.25) is 9.80 Å². The van der Waals surface area contributed by atoms with Gasteiger partial charge in [0.1, 0.15) is 29.8 Å². The number of nitrogens with zero attached hydrogens (tertiary/aromatic N) is 5. The molecule has 1 aliphatic heterocycles. The van der Waals surface area contributed by atoms with Gasteiger partial charge in [0, 0.05) is 32.2 Å². The molecule has 1 fully saturated rings. The topological polar surface area (TPSA) is 46.4 Å². The Kier molecular flexibility index (Phi) is 5.65. The van der Waals surface area contributed by atoms with Crippen molar-refractivity contribution in [1.82, 2.24) is 24.6 Å². The predicted molar refractivity (Wildman–Crippen MR) is 93.9 cm³/mol. The van der Waals surface area contributed by atoms with E-state index in [1.807, 2.05) is 18.5 Å². The molecule has 0 saturated carbocycles. The second-order valence-corrected chi connectivity index (χ2v) is 6.69. The van der Waals surface area contributed by atoms with Gasteiger partial charge in [0.15, 0.2) is 0 Å². The van der Waals surface area contributed by atoms with Crippen molar-refractivity contribution >= 4 is 0 Å². The summed E-state index contributed by atoms with van der Waals surface area (Å²) in [7, 11) is 4.14. The quantitative estimate of drug-likeness (QED) is 0.765. The number of aromatic nitrogens is 3. The largest absolute Gasteiger partial charge is 0.492 e. The Morgan fingerprint density at radius 2 is 2.20 bits per heavy atom. The number of likely N-dealkylation sites (N-methyl/N-ethyl adjacent to an activating group) is 1. The van der Waals surface area contributed by atoms with E-state index in [0.717, 1.165) is 44.2 Å². The Bertz CT molecular complexity index is 705. The number of ether oxygens (including phenoxy) is 1. The highest BCUT2D eigenvalue weighted by Crippen LogP contribution is 2.17. The van der Waals surface area contributed by atoms with Crippen molar-refractivity contribution in [2.45, 2.75) is 25.9 Å². The highest BCUT2D eigenvalue weighted by molar-refractivity contribution is 5.22. The molecule has 0 unspecified atom stereocenters. The molecular formula is C18H26FN5O. The standard InChI is InChI=1S/C18H26FN5O/c1-14-20-21-18(23(14)3)13-22(2)16-7-8-24(12-16)9-10-25-17-6-4-5-15(19)11-17/h4-6,11,16H,7-10,12-13H2,1-3H3/t16-/m1/s1.